The highest BCUT2D eigenvalue weighted by Gasteiger charge is 2.12. The predicted octanol–water partition coefficient (Wildman–Crippen LogP) is 5.36. The number of methoxy groups -OCH3 is 1. The topological polar surface area (TPSA) is 85.2 Å². The number of benzene rings is 2. The number of carbonyl (C=O) groups excluding carboxylic acids is 1. The van der Waals surface area contributed by atoms with Crippen LogP contribution >= 0.6 is 0 Å². The van der Waals surface area contributed by atoms with Crippen LogP contribution in [0.25, 0.3) is 22.3 Å². The van der Waals surface area contributed by atoms with Gasteiger partial charge in [-0.1, -0.05) is 38.5 Å². The molecule has 0 atom stereocenters. The Morgan fingerprint density at radius 3 is 2.65 bits per heavy atom. The molecule has 2 aromatic carbocycles. The number of aryl methyl sites for hydroxylation is 1. The van der Waals surface area contributed by atoms with Gasteiger partial charge in [-0.3, -0.25) is 14.5 Å². The van der Waals surface area contributed by atoms with Gasteiger partial charge >= 0.3 is 5.97 Å². The van der Waals surface area contributed by atoms with E-state index in [0.717, 1.165) is 72.6 Å². The maximum atomic E-state index is 11.2. The number of anilines is 2. The van der Waals surface area contributed by atoms with Crippen LogP contribution in [0.15, 0.2) is 67.1 Å². The van der Waals surface area contributed by atoms with Crippen LogP contribution in [-0.2, 0) is 16.1 Å². The van der Waals surface area contributed by atoms with Crippen molar-refractivity contribution in [1.29, 1.82) is 0 Å². The minimum Gasteiger partial charge on any atom is -0.469 e. The average molecular weight is 501 g/mol. The molecule has 0 saturated carbocycles. The Hall–Kier alpha value is -3.78. The molecule has 0 aliphatic heterocycles. The molecule has 0 unspecified atom stereocenters. The van der Waals surface area contributed by atoms with Crippen molar-refractivity contribution in [3.05, 3.63) is 67.1 Å². The van der Waals surface area contributed by atoms with Gasteiger partial charge in [-0.15, -0.1) is 0 Å². The fourth-order valence-corrected chi connectivity index (χ4v) is 4.23. The van der Waals surface area contributed by atoms with Gasteiger partial charge in [0.15, 0.2) is 0 Å². The van der Waals surface area contributed by atoms with Gasteiger partial charge in [-0.2, -0.15) is 5.10 Å². The van der Waals surface area contributed by atoms with Crippen LogP contribution in [0.1, 0.15) is 39.5 Å². The van der Waals surface area contributed by atoms with Crippen LogP contribution in [-0.4, -0.2) is 52.0 Å². The van der Waals surface area contributed by atoms with Crippen molar-refractivity contribution in [3.63, 3.8) is 0 Å². The molecule has 2 heterocycles. The van der Waals surface area contributed by atoms with E-state index in [1.807, 2.05) is 29.2 Å². The highest BCUT2D eigenvalue weighted by molar-refractivity contribution is 5.82. The molecule has 0 spiro atoms. The normalized spacial score (nSPS) is 11.2. The molecule has 4 aromatic rings. The third-order valence-corrected chi connectivity index (χ3v) is 6.22. The van der Waals surface area contributed by atoms with Gasteiger partial charge in [0.25, 0.3) is 0 Å². The van der Waals surface area contributed by atoms with E-state index in [0.29, 0.717) is 12.5 Å². The van der Waals surface area contributed by atoms with Crippen molar-refractivity contribution in [2.75, 3.05) is 25.1 Å². The van der Waals surface area contributed by atoms with Gasteiger partial charge in [-0.05, 0) is 43.2 Å². The van der Waals surface area contributed by atoms with Crippen molar-refractivity contribution in [1.82, 2.24) is 25.1 Å². The Balaban J connectivity index is 1.49. The second kappa shape index (κ2) is 13.0. The molecule has 0 aliphatic carbocycles. The molecule has 0 saturated heterocycles. The molecule has 1 N–H and O–H groups in total. The molecule has 8 heteroatoms. The van der Waals surface area contributed by atoms with Crippen LogP contribution in [0, 0.1) is 0 Å². The number of rotatable bonds is 13. The number of fused-ring (bicyclic) bond motifs is 1. The number of unbranched alkanes of at least 4 members (excludes halogenated alkanes) is 2. The van der Waals surface area contributed by atoms with Crippen LogP contribution in [0.4, 0.5) is 11.4 Å². The number of hydrogen-bond acceptors (Lipinski definition) is 7. The first kappa shape index (κ1) is 26.3. The lowest BCUT2D eigenvalue weighted by Gasteiger charge is -2.26. The number of aromatic nitrogens is 4. The fraction of sp³-hybridized carbons (Fsp3) is 0.379. The Morgan fingerprint density at radius 1 is 1.03 bits per heavy atom. The van der Waals surface area contributed by atoms with Crippen molar-refractivity contribution >= 4 is 28.4 Å². The second-order valence-electron chi connectivity index (χ2n) is 9.40. The minimum atomic E-state index is -0.154. The molecule has 37 heavy (non-hydrogen) atoms. The van der Waals surface area contributed by atoms with Crippen molar-refractivity contribution in [2.24, 2.45) is 0 Å². The van der Waals surface area contributed by atoms with Crippen molar-refractivity contribution < 1.29 is 9.53 Å². The number of carbonyl (C=O) groups is 1. The number of hydrogen-bond donors (Lipinski definition) is 1. The largest absolute Gasteiger partial charge is 0.469 e. The Morgan fingerprint density at radius 2 is 1.86 bits per heavy atom. The first-order valence-corrected chi connectivity index (χ1v) is 13.0. The lowest BCUT2D eigenvalue weighted by Crippen LogP contribution is -2.32. The highest BCUT2D eigenvalue weighted by atomic mass is 16.5. The Bertz CT molecular complexity index is 1290. The van der Waals surface area contributed by atoms with E-state index in [2.05, 4.69) is 70.5 Å². The van der Waals surface area contributed by atoms with Crippen LogP contribution in [0.5, 0.6) is 0 Å². The summed E-state index contributed by atoms with van der Waals surface area (Å²) in [4.78, 5) is 23.1. The molecule has 8 nitrogen and oxygen atoms in total. The third-order valence-electron chi connectivity index (χ3n) is 6.22. The summed E-state index contributed by atoms with van der Waals surface area (Å²) in [7, 11) is 1.43. The van der Waals surface area contributed by atoms with E-state index < -0.39 is 0 Å². The predicted molar refractivity (Wildman–Crippen MR) is 148 cm³/mol. The van der Waals surface area contributed by atoms with E-state index in [1.54, 1.807) is 6.20 Å². The summed E-state index contributed by atoms with van der Waals surface area (Å²) < 4.78 is 6.62. The zero-order valence-electron chi connectivity index (χ0n) is 21.9. The molecule has 0 bridgehead atoms. The van der Waals surface area contributed by atoms with Crippen molar-refractivity contribution in [3.8, 4) is 11.3 Å². The van der Waals surface area contributed by atoms with E-state index in [4.69, 9.17) is 9.72 Å². The molecular formula is C29H36N6O2. The van der Waals surface area contributed by atoms with Gasteiger partial charge in [0.1, 0.15) is 0 Å². The summed E-state index contributed by atoms with van der Waals surface area (Å²) >= 11 is 0. The molecule has 4 rings (SSSR count). The number of nitrogens with zero attached hydrogens (tertiary/aromatic N) is 5. The number of para-hydroxylation sites is 1. The van der Waals surface area contributed by atoms with E-state index in [9.17, 15) is 4.79 Å². The monoisotopic (exact) mass is 500 g/mol. The quantitative estimate of drug-likeness (QED) is 0.195. The molecule has 0 fully saturated rings. The summed E-state index contributed by atoms with van der Waals surface area (Å²) in [5.41, 5.74) is 5.68. The smallest absolute Gasteiger partial charge is 0.305 e. The summed E-state index contributed by atoms with van der Waals surface area (Å²) in [6, 6.07) is 17.1. The highest BCUT2D eigenvalue weighted by Crippen LogP contribution is 2.28. The minimum absolute atomic E-state index is 0.154. The number of nitrogens with one attached hydrogen (secondary N) is 1. The SMILES string of the molecule is COC(=O)CCCCCn1cc(-c2cnc3ccc(N(CCNC(C)C)c4ccccc4)cc3n2)cn1. The molecule has 0 aliphatic rings. The summed E-state index contributed by atoms with van der Waals surface area (Å²) in [5, 5.41) is 8.01. The summed E-state index contributed by atoms with van der Waals surface area (Å²) in [6.07, 6.45) is 8.84. The Labute approximate surface area is 218 Å². The maximum absolute atomic E-state index is 11.2. The third kappa shape index (κ3) is 7.36. The van der Waals surface area contributed by atoms with Gasteiger partial charge < -0.3 is 15.0 Å². The van der Waals surface area contributed by atoms with E-state index >= 15 is 0 Å². The van der Waals surface area contributed by atoms with Crippen molar-refractivity contribution in [2.45, 2.75) is 52.1 Å². The maximum Gasteiger partial charge on any atom is 0.305 e. The van der Waals surface area contributed by atoms with E-state index in [1.165, 1.54) is 7.11 Å². The zero-order chi connectivity index (χ0) is 26.0. The first-order chi connectivity index (χ1) is 18.0. The standard InChI is InChI=1S/C29H36N6O2/c1-22(2)30-15-17-35(24-10-6-4-7-11-24)25-13-14-26-27(18-25)33-28(20-31-26)23-19-32-34(21-23)16-9-5-8-12-29(36)37-3/h4,6-7,10-11,13-14,18-22,30H,5,8-9,12,15-17H2,1-3H3. The van der Waals surface area contributed by atoms with Gasteiger partial charge in [0.2, 0.25) is 0 Å². The van der Waals surface area contributed by atoms with Gasteiger partial charge in [0.05, 0.1) is 36.2 Å². The molecular weight excluding hydrogens is 464 g/mol. The van der Waals surface area contributed by atoms with Gasteiger partial charge in [0, 0.05) is 55.2 Å². The molecule has 0 amide bonds. The lowest BCUT2D eigenvalue weighted by atomic mass is 10.2. The molecule has 0 radical (unpaired) electrons. The molecule has 194 valence electrons. The average Bonchev–Trinajstić information content (AvgIpc) is 3.39. The lowest BCUT2D eigenvalue weighted by molar-refractivity contribution is -0.140. The number of ether oxygens (including phenoxy) is 1. The number of esters is 1. The van der Waals surface area contributed by atoms with E-state index in [-0.39, 0.29) is 5.97 Å². The first-order valence-electron chi connectivity index (χ1n) is 13.0. The second-order valence-corrected chi connectivity index (χ2v) is 9.40. The Kier molecular flexibility index (Phi) is 9.21. The summed E-state index contributed by atoms with van der Waals surface area (Å²) in [5.74, 6) is -0.154. The fourth-order valence-electron chi connectivity index (χ4n) is 4.23. The van der Waals surface area contributed by atoms with Crippen LogP contribution in [0.2, 0.25) is 0 Å². The van der Waals surface area contributed by atoms with Crippen LogP contribution < -0.4 is 10.2 Å². The van der Waals surface area contributed by atoms with Crippen LogP contribution in [0.3, 0.4) is 0 Å². The molecule has 2 aromatic heterocycles. The zero-order valence-corrected chi connectivity index (χ0v) is 21.9. The summed E-state index contributed by atoms with van der Waals surface area (Å²) in [6.45, 7) is 6.83. The van der Waals surface area contributed by atoms with Gasteiger partial charge in [-0.25, -0.2) is 4.98 Å².